The number of amides is 1. The molecule has 1 aliphatic rings. The Kier molecular flexibility index (Phi) is 4.31. The van der Waals surface area contributed by atoms with Crippen molar-refractivity contribution in [3.63, 3.8) is 0 Å². The van der Waals surface area contributed by atoms with Crippen LogP contribution in [0.5, 0.6) is 0 Å². The summed E-state index contributed by atoms with van der Waals surface area (Å²) in [5.41, 5.74) is 0.122. The molecule has 0 aromatic heterocycles. The van der Waals surface area contributed by atoms with Crippen molar-refractivity contribution in [1.82, 2.24) is 10.2 Å². The van der Waals surface area contributed by atoms with Crippen LogP contribution in [0.2, 0.25) is 0 Å². The summed E-state index contributed by atoms with van der Waals surface area (Å²) in [5, 5.41) is 2.78. The Morgan fingerprint density at radius 3 is 2.94 bits per heavy atom. The van der Waals surface area contributed by atoms with Gasteiger partial charge in [-0.3, -0.25) is 4.79 Å². The minimum Gasteiger partial charge on any atom is -0.352 e. The smallest absolute Gasteiger partial charge is 0.254 e. The van der Waals surface area contributed by atoms with E-state index >= 15 is 0 Å². The molecule has 0 spiro atoms. The van der Waals surface area contributed by atoms with Crippen molar-refractivity contribution in [3.8, 4) is 0 Å². The Balaban J connectivity index is 1.80. The zero-order valence-electron chi connectivity index (χ0n) is 10.7. The molecule has 1 heterocycles. The Morgan fingerprint density at radius 1 is 1.50 bits per heavy atom. The molecule has 1 fully saturated rings. The lowest BCUT2D eigenvalue weighted by Gasteiger charge is -2.19. The molecule has 1 unspecified atom stereocenters. The molecule has 0 radical (unpaired) electrons. The number of nitrogens with one attached hydrogen (secondary N) is 1. The predicted molar refractivity (Wildman–Crippen MR) is 69.0 cm³/mol. The van der Waals surface area contributed by atoms with E-state index in [0.29, 0.717) is 12.6 Å². The minimum absolute atomic E-state index is 0.122. The van der Waals surface area contributed by atoms with Crippen LogP contribution in [0.25, 0.3) is 0 Å². The summed E-state index contributed by atoms with van der Waals surface area (Å²) in [5.74, 6) is -0.790. The molecular formula is C14H19FN2O. The third-order valence-corrected chi connectivity index (χ3v) is 3.55. The van der Waals surface area contributed by atoms with Gasteiger partial charge in [-0.15, -0.1) is 0 Å². The monoisotopic (exact) mass is 250 g/mol. The van der Waals surface area contributed by atoms with E-state index in [1.165, 1.54) is 25.0 Å². The number of nitrogens with zero attached hydrogens (tertiary/aromatic N) is 1. The number of carbonyl (C=O) groups excluding carboxylic acids is 1. The highest BCUT2D eigenvalue weighted by molar-refractivity contribution is 5.94. The molecule has 1 aliphatic heterocycles. The van der Waals surface area contributed by atoms with Crippen molar-refractivity contribution in [2.24, 2.45) is 0 Å². The number of halogens is 1. The lowest BCUT2D eigenvalue weighted by Crippen LogP contribution is -2.32. The molecule has 0 saturated carbocycles. The molecule has 0 bridgehead atoms. The Hall–Kier alpha value is -1.42. The number of rotatable bonds is 4. The molecule has 1 amide bonds. The maximum atomic E-state index is 13.4. The fraction of sp³-hybridized carbons (Fsp3) is 0.500. The van der Waals surface area contributed by atoms with Crippen LogP contribution in [0.1, 0.15) is 29.6 Å². The maximum absolute atomic E-state index is 13.4. The molecule has 18 heavy (non-hydrogen) atoms. The fourth-order valence-corrected chi connectivity index (χ4v) is 2.44. The van der Waals surface area contributed by atoms with Gasteiger partial charge in [-0.25, -0.2) is 4.39 Å². The number of carbonyl (C=O) groups is 1. The summed E-state index contributed by atoms with van der Waals surface area (Å²) < 4.78 is 13.4. The second kappa shape index (κ2) is 5.96. The van der Waals surface area contributed by atoms with Crippen LogP contribution in [-0.4, -0.2) is 37.0 Å². The van der Waals surface area contributed by atoms with Gasteiger partial charge in [0.1, 0.15) is 5.82 Å². The lowest BCUT2D eigenvalue weighted by molar-refractivity contribution is 0.0946. The van der Waals surface area contributed by atoms with E-state index in [2.05, 4.69) is 17.3 Å². The van der Waals surface area contributed by atoms with Gasteiger partial charge in [0.05, 0.1) is 5.56 Å². The summed E-state index contributed by atoms with van der Waals surface area (Å²) in [4.78, 5) is 14.1. The maximum Gasteiger partial charge on any atom is 0.254 e. The number of hydrogen-bond donors (Lipinski definition) is 1. The molecule has 1 saturated heterocycles. The predicted octanol–water partition coefficient (Wildman–Crippen LogP) is 2.04. The Labute approximate surface area is 107 Å². The first-order valence-electron chi connectivity index (χ1n) is 6.41. The van der Waals surface area contributed by atoms with E-state index in [1.54, 1.807) is 12.1 Å². The van der Waals surface area contributed by atoms with Crippen LogP contribution >= 0.6 is 0 Å². The van der Waals surface area contributed by atoms with Gasteiger partial charge < -0.3 is 10.2 Å². The van der Waals surface area contributed by atoms with Gasteiger partial charge in [0, 0.05) is 12.6 Å². The molecule has 0 aliphatic carbocycles. The normalized spacial score (nSPS) is 20.0. The number of likely N-dealkylation sites (tertiary alicyclic amines) is 1. The topological polar surface area (TPSA) is 32.3 Å². The van der Waals surface area contributed by atoms with Gasteiger partial charge in [0.25, 0.3) is 5.91 Å². The van der Waals surface area contributed by atoms with Gasteiger partial charge in [-0.1, -0.05) is 12.1 Å². The highest BCUT2D eigenvalue weighted by Crippen LogP contribution is 2.17. The number of hydrogen-bond acceptors (Lipinski definition) is 2. The average Bonchev–Trinajstić information content (AvgIpc) is 2.75. The highest BCUT2D eigenvalue weighted by atomic mass is 19.1. The first-order chi connectivity index (χ1) is 8.68. The molecule has 3 nitrogen and oxygen atoms in total. The van der Waals surface area contributed by atoms with E-state index in [-0.39, 0.29) is 11.5 Å². The third kappa shape index (κ3) is 3.07. The van der Waals surface area contributed by atoms with Crippen LogP contribution in [0.3, 0.4) is 0 Å². The van der Waals surface area contributed by atoms with Gasteiger partial charge in [0.2, 0.25) is 0 Å². The van der Waals surface area contributed by atoms with Crippen molar-refractivity contribution in [3.05, 3.63) is 35.6 Å². The lowest BCUT2D eigenvalue weighted by atomic mass is 10.1. The first-order valence-corrected chi connectivity index (χ1v) is 6.41. The third-order valence-electron chi connectivity index (χ3n) is 3.55. The SMILES string of the molecule is CN1CCCC1CCNC(=O)c1ccccc1F. The van der Waals surface area contributed by atoms with E-state index in [1.807, 2.05) is 0 Å². The molecule has 1 N–H and O–H groups in total. The van der Waals surface area contributed by atoms with Gasteiger partial charge in [-0.2, -0.15) is 0 Å². The van der Waals surface area contributed by atoms with E-state index in [0.717, 1.165) is 13.0 Å². The average molecular weight is 250 g/mol. The quantitative estimate of drug-likeness (QED) is 0.887. The van der Waals surface area contributed by atoms with Crippen LogP contribution < -0.4 is 5.32 Å². The molecule has 2 rings (SSSR count). The molecule has 4 heteroatoms. The largest absolute Gasteiger partial charge is 0.352 e. The van der Waals surface area contributed by atoms with Gasteiger partial charge in [-0.05, 0) is 45.0 Å². The first kappa shape index (κ1) is 13.0. The van der Waals surface area contributed by atoms with Crippen LogP contribution in [-0.2, 0) is 0 Å². The van der Waals surface area contributed by atoms with E-state index < -0.39 is 5.82 Å². The standard InChI is InChI=1S/C14H19FN2O/c1-17-10-4-5-11(17)8-9-16-14(18)12-6-2-3-7-13(12)15/h2-3,6-7,11H,4-5,8-10H2,1H3,(H,16,18). The van der Waals surface area contributed by atoms with Crippen molar-refractivity contribution in [2.45, 2.75) is 25.3 Å². The van der Waals surface area contributed by atoms with Gasteiger partial charge >= 0.3 is 0 Å². The summed E-state index contributed by atoms with van der Waals surface area (Å²) in [6, 6.07) is 6.61. The van der Waals surface area contributed by atoms with Crippen molar-refractivity contribution in [2.75, 3.05) is 20.1 Å². The summed E-state index contributed by atoms with van der Waals surface area (Å²) in [7, 11) is 2.11. The highest BCUT2D eigenvalue weighted by Gasteiger charge is 2.20. The molecular weight excluding hydrogens is 231 g/mol. The minimum atomic E-state index is -0.465. The molecule has 1 aromatic carbocycles. The second-order valence-electron chi connectivity index (χ2n) is 4.80. The summed E-state index contributed by atoms with van der Waals surface area (Å²) in [6.45, 7) is 1.73. The fourth-order valence-electron chi connectivity index (χ4n) is 2.44. The van der Waals surface area contributed by atoms with Gasteiger partial charge in [0.15, 0.2) is 0 Å². The Morgan fingerprint density at radius 2 is 2.28 bits per heavy atom. The molecule has 1 atom stereocenters. The van der Waals surface area contributed by atoms with Crippen molar-refractivity contribution >= 4 is 5.91 Å². The summed E-state index contributed by atoms with van der Waals surface area (Å²) in [6.07, 6.45) is 3.34. The van der Waals surface area contributed by atoms with Crippen molar-refractivity contribution in [1.29, 1.82) is 0 Å². The van der Waals surface area contributed by atoms with E-state index in [9.17, 15) is 9.18 Å². The zero-order valence-corrected chi connectivity index (χ0v) is 10.7. The molecule has 98 valence electrons. The van der Waals surface area contributed by atoms with E-state index in [4.69, 9.17) is 0 Å². The van der Waals surface area contributed by atoms with Crippen molar-refractivity contribution < 1.29 is 9.18 Å². The molecule has 1 aromatic rings. The van der Waals surface area contributed by atoms with Crippen LogP contribution in [0.4, 0.5) is 4.39 Å². The van der Waals surface area contributed by atoms with Crippen LogP contribution in [0, 0.1) is 5.82 Å². The Bertz CT molecular complexity index is 422. The van der Waals surface area contributed by atoms with Crippen LogP contribution in [0.15, 0.2) is 24.3 Å². The zero-order chi connectivity index (χ0) is 13.0. The second-order valence-corrected chi connectivity index (χ2v) is 4.80. The summed E-state index contributed by atoms with van der Waals surface area (Å²) >= 11 is 0. The number of benzene rings is 1.